The van der Waals surface area contributed by atoms with E-state index in [2.05, 4.69) is 37.1 Å². The van der Waals surface area contributed by atoms with Crippen LogP contribution in [0.3, 0.4) is 0 Å². The van der Waals surface area contributed by atoms with Crippen LogP contribution in [-0.4, -0.2) is 40.6 Å². The van der Waals surface area contributed by atoms with E-state index in [1.165, 1.54) is 0 Å². The van der Waals surface area contributed by atoms with Crippen molar-refractivity contribution in [3.05, 3.63) is 22.8 Å². The predicted octanol–water partition coefficient (Wildman–Crippen LogP) is 1.85. The van der Waals surface area contributed by atoms with Gasteiger partial charge in [-0.15, -0.1) is 11.3 Å². The molecule has 0 radical (unpaired) electrons. The van der Waals surface area contributed by atoms with Gasteiger partial charge in [-0.1, -0.05) is 0 Å². The topological polar surface area (TPSA) is 71.2 Å². The van der Waals surface area contributed by atoms with Crippen molar-refractivity contribution in [1.29, 1.82) is 0 Å². The standard InChI is InChI=1S/C14H20N6S/c1-9-6-12(18-13(15)16-9)19-4-5-20(11(3)7-19)14-17-10(2)8-21-14/h6,8,11H,4-5,7H2,1-3H3,(H2,15,16,18)/t11-/m0/s1. The summed E-state index contributed by atoms with van der Waals surface area (Å²) in [7, 11) is 0. The molecule has 1 aliphatic heterocycles. The highest BCUT2D eigenvalue weighted by atomic mass is 32.1. The molecule has 1 saturated heterocycles. The Bertz CT molecular complexity index is 620. The van der Waals surface area contributed by atoms with Gasteiger partial charge >= 0.3 is 0 Å². The van der Waals surface area contributed by atoms with Crippen LogP contribution in [0.1, 0.15) is 18.3 Å². The molecule has 0 unspecified atom stereocenters. The Morgan fingerprint density at radius 3 is 2.62 bits per heavy atom. The summed E-state index contributed by atoms with van der Waals surface area (Å²) in [6.07, 6.45) is 0. The summed E-state index contributed by atoms with van der Waals surface area (Å²) in [5, 5.41) is 3.21. The van der Waals surface area contributed by atoms with Crippen LogP contribution in [0, 0.1) is 13.8 Å². The fraction of sp³-hybridized carbons (Fsp3) is 0.500. The second kappa shape index (κ2) is 5.48. The summed E-state index contributed by atoms with van der Waals surface area (Å²) in [6, 6.07) is 2.38. The SMILES string of the molecule is Cc1cc(N2CCN(c3nc(C)cs3)[C@@H](C)C2)nc(N)n1. The molecule has 1 aliphatic rings. The van der Waals surface area contributed by atoms with Gasteiger partial charge in [0, 0.05) is 42.8 Å². The number of hydrogen-bond donors (Lipinski definition) is 1. The van der Waals surface area contributed by atoms with E-state index in [4.69, 9.17) is 5.73 Å². The van der Waals surface area contributed by atoms with Gasteiger partial charge in [-0.05, 0) is 20.8 Å². The Balaban J connectivity index is 1.76. The van der Waals surface area contributed by atoms with Crippen molar-refractivity contribution < 1.29 is 0 Å². The van der Waals surface area contributed by atoms with Crippen LogP contribution in [0.2, 0.25) is 0 Å². The van der Waals surface area contributed by atoms with Crippen LogP contribution in [0.15, 0.2) is 11.4 Å². The van der Waals surface area contributed by atoms with Crippen molar-refractivity contribution in [3.8, 4) is 0 Å². The molecule has 0 amide bonds. The Morgan fingerprint density at radius 1 is 1.19 bits per heavy atom. The molecule has 0 saturated carbocycles. The third-order valence-electron chi connectivity index (χ3n) is 3.66. The van der Waals surface area contributed by atoms with Crippen molar-refractivity contribution in [2.24, 2.45) is 0 Å². The van der Waals surface area contributed by atoms with Crippen LogP contribution in [0.25, 0.3) is 0 Å². The van der Waals surface area contributed by atoms with Crippen molar-refractivity contribution in [1.82, 2.24) is 15.0 Å². The van der Waals surface area contributed by atoms with Gasteiger partial charge in [-0.2, -0.15) is 4.98 Å². The first-order chi connectivity index (χ1) is 10.0. The molecule has 2 aromatic rings. The van der Waals surface area contributed by atoms with Gasteiger partial charge < -0.3 is 15.5 Å². The van der Waals surface area contributed by atoms with Crippen molar-refractivity contribution in [2.45, 2.75) is 26.8 Å². The lowest BCUT2D eigenvalue weighted by Crippen LogP contribution is -2.52. The number of nitrogens with two attached hydrogens (primary N) is 1. The predicted molar refractivity (Wildman–Crippen MR) is 87.1 cm³/mol. The summed E-state index contributed by atoms with van der Waals surface area (Å²) in [6.45, 7) is 8.97. The summed E-state index contributed by atoms with van der Waals surface area (Å²) in [4.78, 5) is 17.7. The lowest BCUT2D eigenvalue weighted by molar-refractivity contribution is 0.546. The summed E-state index contributed by atoms with van der Waals surface area (Å²) in [5.74, 6) is 1.26. The van der Waals surface area contributed by atoms with Crippen molar-refractivity contribution in [2.75, 3.05) is 35.2 Å². The molecule has 2 N–H and O–H groups in total. The maximum absolute atomic E-state index is 5.75. The highest BCUT2D eigenvalue weighted by molar-refractivity contribution is 7.13. The maximum atomic E-state index is 5.75. The molecule has 6 nitrogen and oxygen atoms in total. The highest BCUT2D eigenvalue weighted by Crippen LogP contribution is 2.26. The summed E-state index contributed by atoms with van der Waals surface area (Å²) < 4.78 is 0. The normalized spacial score (nSPS) is 19.1. The van der Waals surface area contributed by atoms with Crippen LogP contribution in [-0.2, 0) is 0 Å². The lowest BCUT2D eigenvalue weighted by Gasteiger charge is -2.40. The fourth-order valence-electron chi connectivity index (χ4n) is 2.66. The number of aryl methyl sites for hydroxylation is 2. The van der Waals surface area contributed by atoms with Gasteiger partial charge in [0.15, 0.2) is 5.13 Å². The second-order valence-corrected chi connectivity index (χ2v) is 6.32. The quantitative estimate of drug-likeness (QED) is 0.913. The zero-order valence-electron chi connectivity index (χ0n) is 12.6. The molecule has 3 heterocycles. The van der Waals surface area contributed by atoms with Gasteiger partial charge in [-0.25, -0.2) is 9.97 Å². The Labute approximate surface area is 128 Å². The smallest absolute Gasteiger partial charge is 0.222 e. The van der Waals surface area contributed by atoms with Crippen molar-refractivity contribution in [3.63, 3.8) is 0 Å². The third kappa shape index (κ3) is 2.92. The van der Waals surface area contributed by atoms with Crippen LogP contribution >= 0.6 is 11.3 Å². The van der Waals surface area contributed by atoms with Crippen LogP contribution < -0.4 is 15.5 Å². The summed E-state index contributed by atoms with van der Waals surface area (Å²) >= 11 is 1.71. The molecule has 0 aliphatic carbocycles. The van der Waals surface area contributed by atoms with Gasteiger partial charge in [0.2, 0.25) is 5.95 Å². The highest BCUT2D eigenvalue weighted by Gasteiger charge is 2.26. The number of aromatic nitrogens is 3. The molecule has 0 spiro atoms. The molecule has 2 aromatic heterocycles. The lowest BCUT2D eigenvalue weighted by atomic mass is 10.2. The largest absolute Gasteiger partial charge is 0.368 e. The third-order valence-corrected chi connectivity index (χ3v) is 4.66. The van der Waals surface area contributed by atoms with E-state index in [9.17, 15) is 0 Å². The Kier molecular flexibility index (Phi) is 3.67. The molecule has 1 atom stereocenters. The molecular weight excluding hydrogens is 284 g/mol. The minimum Gasteiger partial charge on any atom is -0.368 e. The Hall–Kier alpha value is -1.89. The fourth-order valence-corrected chi connectivity index (χ4v) is 3.59. The van der Waals surface area contributed by atoms with E-state index in [-0.39, 0.29) is 0 Å². The van der Waals surface area contributed by atoms with Crippen molar-refractivity contribution >= 4 is 28.2 Å². The summed E-state index contributed by atoms with van der Waals surface area (Å²) in [5.41, 5.74) is 7.75. The average Bonchev–Trinajstić information content (AvgIpc) is 2.84. The molecule has 112 valence electrons. The number of thiazole rings is 1. The van der Waals surface area contributed by atoms with E-state index in [0.29, 0.717) is 12.0 Å². The number of nitrogen functional groups attached to an aromatic ring is 1. The van der Waals surface area contributed by atoms with E-state index < -0.39 is 0 Å². The van der Waals surface area contributed by atoms with E-state index in [0.717, 1.165) is 42.0 Å². The number of rotatable bonds is 2. The molecule has 0 bridgehead atoms. The van der Waals surface area contributed by atoms with Crippen LogP contribution in [0.4, 0.5) is 16.9 Å². The molecule has 21 heavy (non-hydrogen) atoms. The van der Waals surface area contributed by atoms with Gasteiger partial charge in [-0.3, -0.25) is 0 Å². The molecule has 0 aromatic carbocycles. The number of nitrogens with zero attached hydrogens (tertiary/aromatic N) is 5. The molecule has 3 rings (SSSR count). The van der Waals surface area contributed by atoms with Gasteiger partial charge in [0.25, 0.3) is 0 Å². The molecular formula is C14H20N6S. The maximum Gasteiger partial charge on any atom is 0.222 e. The van der Waals surface area contributed by atoms with Gasteiger partial charge in [0.05, 0.1) is 5.69 Å². The first-order valence-corrected chi connectivity index (χ1v) is 7.96. The van der Waals surface area contributed by atoms with E-state index >= 15 is 0 Å². The van der Waals surface area contributed by atoms with Crippen LogP contribution in [0.5, 0.6) is 0 Å². The zero-order valence-corrected chi connectivity index (χ0v) is 13.4. The van der Waals surface area contributed by atoms with Gasteiger partial charge in [0.1, 0.15) is 5.82 Å². The van der Waals surface area contributed by atoms with E-state index in [1.807, 2.05) is 19.9 Å². The molecule has 7 heteroatoms. The number of hydrogen-bond acceptors (Lipinski definition) is 7. The minimum absolute atomic E-state index is 0.343. The monoisotopic (exact) mass is 304 g/mol. The second-order valence-electron chi connectivity index (χ2n) is 5.49. The number of anilines is 3. The minimum atomic E-state index is 0.343. The first-order valence-electron chi connectivity index (χ1n) is 7.08. The molecule has 1 fully saturated rings. The zero-order chi connectivity index (χ0) is 15.0. The number of piperazine rings is 1. The first kappa shape index (κ1) is 14.1. The average molecular weight is 304 g/mol. The Morgan fingerprint density at radius 2 is 2.00 bits per heavy atom. The van der Waals surface area contributed by atoms with E-state index in [1.54, 1.807) is 11.3 Å².